The third kappa shape index (κ3) is 10.9. The predicted octanol–water partition coefficient (Wildman–Crippen LogP) is 4.10. The van der Waals surface area contributed by atoms with E-state index in [1.54, 1.807) is 24.3 Å². The lowest BCUT2D eigenvalue weighted by molar-refractivity contribution is -0.131. The van der Waals surface area contributed by atoms with Crippen molar-refractivity contribution in [3.05, 3.63) is 72.3 Å². The van der Waals surface area contributed by atoms with Crippen LogP contribution in [0.25, 0.3) is 0 Å². The Morgan fingerprint density at radius 3 is 1.45 bits per heavy atom. The van der Waals surface area contributed by atoms with Crippen LogP contribution in [0, 0.1) is 0 Å². The monoisotopic (exact) mass is 402 g/mol. The van der Waals surface area contributed by atoms with Crippen molar-refractivity contribution in [3.63, 3.8) is 0 Å². The number of phenols is 2. The topological polar surface area (TPSA) is 103 Å². The van der Waals surface area contributed by atoms with Gasteiger partial charge in [0.25, 0.3) is 0 Å². The number of aromatic hydroxyl groups is 2. The molecule has 0 aromatic heterocycles. The van der Waals surface area contributed by atoms with Crippen molar-refractivity contribution in [1.82, 2.24) is 0 Å². The van der Waals surface area contributed by atoms with Crippen LogP contribution in [0.1, 0.15) is 31.9 Å². The van der Waals surface area contributed by atoms with Gasteiger partial charge >= 0.3 is 5.97 Å². The molecule has 6 heteroatoms. The van der Waals surface area contributed by atoms with Gasteiger partial charge in [0, 0.05) is 11.5 Å². The average molecular weight is 402 g/mol. The molecule has 2 aromatic rings. The second kappa shape index (κ2) is 11.9. The molecule has 2 aromatic carbocycles. The quantitative estimate of drug-likeness (QED) is 0.528. The van der Waals surface area contributed by atoms with Gasteiger partial charge in [-0.05, 0) is 42.3 Å². The lowest BCUT2D eigenvalue weighted by Gasteiger charge is -2.26. The Balaban J connectivity index is 0.000000282. The molecule has 6 nitrogen and oxygen atoms in total. The van der Waals surface area contributed by atoms with Crippen LogP contribution in [-0.4, -0.2) is 47.2 Å². The van der Waals surface area contributed by atoms with Crippen LogP contribution in [0.4, 0.5) is 0 Å². The molecule has 3 N–H and O–H groups in total. The fourth-order valence-electron chi connectivity index (χ4n) is 2.02. The first-order valence-corrected chi connectivity index (χ1v) is 9.30. The van der Waals surface area contributed by atoms with Gasteiger partial charge < -0.3 is 24.8 Å². The Kier molecular flexibility index (Phi) is 9.92. The second-order valence-corrected chi connectivity index (χ2v) is 7.02. The highest BCUT2D eigenvalue weighted by Gasteiger charge is 2.22. The van der Waals surface area contributed by atoms with E-state index in [2.05, 4.69) is 32.1 Å². The maximum atomic E-state index is 9.30. The number of hydrogen-bond acceptors (Lipinski definition) is 5. The molecule has 2 saturated heterocycles. The zero-order valence-corrected chi connectivity index (χ0v) is 17.2. The van der Waals surface area contributed by atoms with E-state index in [0.717, 1.165) is 37.0 Å². The largest absolute Gasteiger partial charge is 0.508 e. The number of ether oxygens (including phenoxy) is 2. The number of carboxylic acids is 1. The number of aliphatic carboxylic acids is 1. The number of epoxide rings is 2. The molecule has 2 aliphatic rings. The minimum Gasteiger partial charge on any atom is -0.508 e. The van der Waals surface area contributed by atoms with E-state index in [1.165, 1.54) is 0 Å². The molecule has 29 heavy (non-hydrogen) atoms. The first-order chi connectivity index (χ1) is 13.7. The van der Waals surface area contributed by atoms with Crippen molar-refractivity contribution >= 4 is 5.97 Å². The van der Waals surface area contributed by atoms with Crippen LogP contribution >= 0.6 is 0 Å². The summed E-state index contributed by atoms with van der Waals surface area (Å²) in [4.78, 5) is 9.25. The van der Waals surface area contributed by atoms with E-state index in [-0.39, 0.29) is 16.9 Å². The smallest absolute Gasteiger partial charge is 0.327 e. The molecule has 4 rings (SSSR count). The van der Waals surface area contributed by atoms with Crippen molar-refractivity contribution in [1.29, 1.82) is 0 Å². The highest BCUT2D eigenvalue weighted by molar-refractivity contribution is 5.78. The molecule has 2 aliphatic heterocycles. The highest BCUT2D eigenvalue weighted by atomic mass is 16.6. The van der Waals surface area contributed by atoms with Gasteiger partial charge in [-0.2, -0.15) is 0 Å². The minimum absolute atomic E-state index is 0.151. The van der Waals surface area contributed by atoms with Crippen molar-refractivity contribution in [2.75, 3.05) is 19.8 Å². The van der Waals surface area contributed by atoms with Crippen LogP contribution in [-0.2, 0) is 19.7 Å². The van der Waals surface area contributed by atoms with Gasteiger partial charge in [-0.3, -0.25) is 0 Å². The van der Waals surface area contributed by atoms with Gasteiger partial charge in [0.2, 0.25) is 0 Å². The standard InChI is InChI=1S/C15H16O2.C3H4O2.C3H6O.C2H4O/c1-15(2,11-3-7-13(16)8-4-11)12-5-9-14(17)10-6-12;1-2-3(4)5;1-3-2-4-3;1-2-3-1/h3-10,16-17H,1-2H3;2H,1H2,(H,4,5);3H,2H2,1H3;1-2H2. The molecule has 158 valence electrons. The number of carboxylic acid groups (broad SMARTS) is 1. The lowest BCUT2D eigenvalue weighted by Crippen LogP contribution is -2.18. The molecule has 1 unspecified atom stereocenters. The second-order valence-electron chi connectivity index (χ2n) is 7.02. The Morgan fingerprint density at radius 1 is 1.00 bits per heavy atom. The maximum absolute atomic E-state index is 9.30. The summed E-state index contributed by atoms with van der Waals surface area (Å²) in [5, 5.41) is 26.2. The first kappa shape index (κ1) is 24.2. The molecular formula is C23H30O6. The van der Waals surface area contributed by atoms with Gasteiger partial charge in [-0.15, -0.1) is 0 Å². The summed E-state index contributed by atoms with van der Waals surface area (Å²) in [5.74, 6) is -0.435. The minimum atomic E-state index is -0.981. The molecule has 2 heterocycles. The average Bonchev–Trinajstić information content (AvgIpc) is 3.59. The van der Waals surface area contributed by atoms with Gasteiger partial charge in [0.1, 0.15) is 11.5 Å². The summed E-state index contributed by atoms with van der Waals surface area (Å²) < 4.78 is 9.21. The van der Waals surface area contributed by atoms with Crippen LogP contribution < -0.4 is 0 Å². The molecule has 0 aliphatic carbocycles. The Bertz CT molecular complexity index is 694. The van der Waals surface area contributed by atoms with E-state index in [9.17, 15) is 15.0 Å². The van der Waals surface area contributed by atoms with Gasteiger partial charge in [-0.1, -0.05) is 44.7 Å². The zero-order chi connectivity index (χ0) is 21.9. The van der Waals surface area contributed by atoms with Gasteiger partial charge in [-0.25, -0.2) is 4.79 Å². The predicted molar refractivity (Wildman–Crippen MR) is 112 cm³/mol. The Labute approximate surface area is 172 Å². The maximum Gasteiger partial charge on any atom is 0.327 e. The fraction of sp³-hybridized carbons (Fsp3) is 0.348. The number of hydrogen-bond donors (Lipinski definition) is 3. The summed E-state index contributed by atoms with van der Waals surface area (Å²) in [7, 11) is 0. The van der Waals surface area contributed by atoms with Crippen LogP contribution in [0.2, 0.25) is 0 Å². The van der Waals surface area contributed by atoms with Crippen LogP contribution in [0.5, 0.6) is 11.5 Å². The van der Waals surface area contributed by atoms with E-state index in [0.29, 0.717) is 6.10 Å². The number of rotatable bonds is 3. The van der Waals surface area contributed by atoms with Crippen molar-refractivity contribution in [2.24, 2.45) is 0 Å². The van der Waals surface area contributed by atoms with E-state index in [4.69, 9.17) is 9.84 Å². The lowest BCUT2D eigenvalue weighted by atomic mass is 9.78. The van der Waals surface area contributed by atoms with Crippen molar-refractivity contribution in [3.8, 4) is 11.5 Å². The number of phenolic OH excluding ortho intramolecular Hbond substituents is 2. The molecule has 1 atom stereocenters. The summed E-state index contributed by atoms with van der Waals surface area (Å²) in [6.45, 7) is 12.2. The molecule has 0 radical (unpaired) electrons. The van der Waals surface area contributed by atoms with Crippen molar-refractivity contribution in [2.45, 2.75) is 32.3 Å². The normalized spacial score (nSPS) is 15.8. The fourth-order valence-corrected chi connectivity index (χ4v) is 2.02. The summed E-state index contributed by atoms with van der Waals surface area (Å²) in [6, 6.07) is 14.4. The van der Waals surface area contributed by atoms with Crippen LogP contribution in [0.3, 0.4) is 0 Å². The molecule has 0 saturated carbocycles. The Hall–Kier alpha value is -2.83. The van der Waals surface area contributed by atoms with E-state index >= 15 is 0 Å². The third-order valence-corrected chi connectivity index (χ3v) is 4.06. The van der Waals surface area contributed by atoms with Crippen molar-refractivity contribution < 1.29 is 29.6 Å². The molecule has 2 fully saturated rings. The zero-order valence-electron chi connectivity index (χ0n) is 17.2. The van der Waals surface area contributed by atoms with E-state index < -0.39 is 5.97 Å². The number of carbonyl (C=O) groups is 1. The molecule has 0 spiro atoms. The summed E-state index contributed by atoms with van der Waals surface area (Å²) in [5.41, 5.74) is 2.10. The highest BCUT2D eigenvalue weighted by Crippen LogP contribution is 2.32. The number of benzene rings is 2. The third-order valence-electron chi connectivity index (χ3n) is 4.06. The van der Waals surface area contributed by atoms with E-state index in [1.807, 2.05) is 24.3 Å². The SMILES string of the molecule is C1CO1.C=CC(=O)O.CC(C)(c1ccc(O)cc1)c1ccc(O)cc1.CC1CO1. The molecule has 0 bridgehead atoms. The molecule has 0 amide bonds. The van der Waals surface area contributed by atoms with Gasteiger partial charge in [0.05, 0.1) is 25.9 Å². The van der Waals surface area contributed by atoms with Gasteiger partial charge in [0.15, 0.2) is 0 Å². The Morgan fingerprint density at radius 2 is 1.28 bits per heavy atom. The van der Waals surface area contributed by atoms with Crippen LogP contribution in [0.15, 0.2) is 61.2 Å². The molecular weight excluding hydrogens is 372 g/mol. The summed E-state index contributed by atoms with van der Waals surface area (Å²) >= 11 is 0. The first-order valence-electron chi connectivity index (χ1n) is 9.30. The summed E-state index contributed by atoms with van der Waals surface area (Å²) in [6.07, 6.45) is 1.42.